The summed E-state index contributed by atoms with van der Waals surface area (Å²) in [7, 11) is 1.39. The number of halogens is 1. The Balaban J connectivity index is 1.87. The smallest absolute Gasteiger partial charge is 0.342 e. The lowest BCUT2D eigenvalue weighted by molar-refractivity contribution is -0.125. The predicted octanol–water partition coefficient (Wildman–Crippen LogP) is 1.67. The zero-order valence-corrected chi connectivity index (χ0v) is 14.4. The number of esters is 1. The number of para-hydroxylation sites is 1. The van der Waals surface area contributed by atoms with Crippen LogP contribution in [0, 0.1) is 0 Å². The number of rotatable bonds is 5. The van der Waals surface area contributed by atoms with Crippen LogP contribution < -0.4 is 15.6 Å². The number of amides is 2. The second kappa shape index (κ2) is 8.72. The first-order chi connectivity index (χ1) is 12.4. The van der Waals surface area contributed by atoms with Crippen molar-refractivity contribution in [2.45, 2.75) is 0 Å². The number of methoxy groups -OCH3 is 1. The van der Waals surface area contributed by atoms with Gasteiger partial charge in [-0.15, -0.1) is 0 Å². The Bertz CT molecular complexity index is 840. The zero-order chi connectivity index (χ0) is 19.1. The summed E-state index contributed by atoms with van der Waals surface area (Å²) in [5, 5.41) is 9.86. The van der Waals surface area contributed by atoms with Crippen LogP contribution in [-0.4, -0.2) is 36.6 Å². The highest BCUT2D eigenvalue weighted by molar-refractivity contribution is 6.31. The molecule has 0 bridgehead atoms. The molecule has 9 heteroatoms. The summed E-state index contributed by atoms with van der Waals surface area (Å²) in [6.07, 6.45) is 0. The highest BCUT2D eigenvalue weighted by Gasteiger charge is 2.16. The normalized spacial score (nSPS) is 9.92. The van der Waals surface area contributed by atoms with E-state index < -0.39 is 24.4 Å². The molecule has 0 unspecified atom stereocenters. The van der Waals surface area contributed by atoms with Gasteiger partial charge in [0.25, 0.3) is 11.8 Å². The third kappa shape index (κ3) is 4.87. The third-order valence-corrected chi connectivity index (χ3v) is 3.42. The molecule has 0 spiro atoms. The molecule has 2 amide bonds. The average molecular weight is 379 g/mol. The second-order valence-electron chi connectivity index (χ2n) is 4.94. The molecule has 2 aromatic carbocycles. The SMILES string of the molecule is COc1ccc(Cl)cc1C(=O)NNC(=O)COC(=O)c1ccccc1O. The second-order valence-corrected chi connectivity index (χ2v) is 5.38. The van der Waals surface area contributed by atoms with E-state index in [0.717, 1.165) is 0 Å². The van der Waals surface area contributed by atoms with Gasteiger partial charge in [-0.1, -0.05) is 23.7 Å². The molecule has 0 aromatic heterocycles. The van der Waals surface area contributed by atoms with E-state index in [0.29, 0.717) is 5.02 Å². The van der Waals surface area contributed by atoms with Gasteiger partial charge in [-0.25, -0.2) is 4.79 Å². The molecule has 136 valence electrons. The molecule has 0 atom stereocenters. The van der Waals surface area contributed by atoms with Crippen LogP contribution in [0.2, 0.25) is 5.02 Å². The molecule has 0 saturated carbocycles. The van der Waals surface area contributed by atoms with Crippen molar-refractivity contribution in [3.63, 3.8) is 0 Å². The van der Waals surface area contributed by atoms with Gasteiger partial charge >= 0.3 is 5.97 Å². The Hall–Kier alpha value is -3.26. The highest BCUT2D eigenvalue weighted by Crippen LogP contribution is 2.22. The van der Waals surface area contributed by atoms with Crippen LogP contribution >= 0.6 is 11.6 Å². The standard InChI is InChI=1S/C17H15ClN2O6/c1-25-14-7-6-10(18)8-12(14)16(23)20-19-15(22)9-26-17(24)11-4-2-3-5-13(11)21/h2-8,21H,9H2,1H3,(H,19,22)(H,20,23). The van der Waals surface area contributed by atoms with Gasteiger partial charge in [0, 0.05) is 5.02 Å². The summed E-state index contributed by atoms with van der Waals surface area (Å²) in [5.74, 6) is -2.31. The Morgan fingerprint density at radius 1 is 1.08 bits per heavy atom. The molecule has 0 aliphatic rings. The summed E-state index contributed by atoms with van der Waals surface area (Å²) >= 11 is 5.84. The van der Waals surface area contributed by atoms with Crippen LogP contribution in [0.4, 0.5) is 0 Å². The minimum Gasteiger partial charge on any atom is -0.507 e. The number of carbonyl (C=O) groups excluding carboxylic acids is 3. The first kappa shape index (κ1) is 19.1. The molecular weight excluding hydrogens is 364 g/mol. The maximum absolute atomic E-state index is 12.1. The minimum atomic E-state index is -0.874. The number of hydrazine groups is 1. The van der Waals surface area contributed by atoms with Crippen LogP contribution in [0.3, 0.4) is 0 Å². The summed E-state index contributed by atoms with van der Waals surface area (Å²) in [4.78, 5) is 35.5. The van der Waals surface area contributed by atoms with Crippen molar-refractivity contribution < 1.29 is 29.0 Å². The highest BCUT2D eigenvalue weighted by atomic mass is 35.5. The maximum Gasteiger partial charge on any atom is 0.342 e. The van der Waals surface area contributed by atoms with E-state index in [1.54, 1.807) is 12.1 Å². The molecule has 8 nitrogen and oxygen atoms in total. The zero-order valence-electron chi connectivity index (χ0n) is 13.6. The number of phenols is 1. The fourth-order valence-electron chi connectivity index (χ4n) is 1.94. The van der Waals surface area contributed by atoms with Crippen molar-refractivity contribution >= 4 is 29.4 Å². The van der Waals surface area contributed by atoms with E-state index in [1.165, 1.54) is 37.4 Å². The molecule has 0 radical (unpaired) electrons. The van der Waals surface area contributed by atoms with Gasteiger partial charge < -0.3 is 14.6 Å². The Morgan fingerprint density at radius 2 is 1.81 bits per heavy atom. The molecule has 0 fully saturated rings. The molecule has 0 heterocycles. The monoisotopic (exact) mass is 378 g/mol. The maximum atomic E-state index is 12.1. The quantitative estimate of drug-likeness (QED) is 0.538. The number of nitrogens with one attached hydrogen (secondary N) is 2. The lowest BCUT2D eigenvalue weighted by Gasteiger charge is -2.11. The number of benzene rings is 2. The van der Waals surface area contributed by atoms with E-state index in [4.69, 9.17) is 21.1 Å². The fourth-order valence-corrected chi connectivity index (χ4v) is 2.11. The minimum absolute atomic E-state index is 0.0759. The summed E-state index contributed by atoms with van der Waals surface area (Å²) in [6, 6.07) is 10.2. The molecule has 0 aliphatic carbocycles. The molecular formula is C17H15ClN2O6. The topological polar surface area (TPSA) is 114 Å². The van der Waals surface area contributed by atoms with Gasteiger partial charge in [0.2, 0.25) is 0 Å². The fraction of sp³-hybridized carbons (Fsp3) is 0.118. The number of ether oxygens (including phenoxy) is 2. The van der Waals surface area contributed by atoms with Gasteiger partial charge in [-0.2, -0.15) is 0 Å². The van der Waals surface area contributed by atoms with E-state index in [1.807, 2.05) is 0 Å². The van der Waals surface area contributed by atoms with Gasteiger partial charge in [-0.3, -0.25) is 20.4 Å². The summed E-state index contributed by atoms with van der Waals surface area (Å²) < 4.78 is 9.81. The molecule has 2 aromatic rings. The van der Waals surface area contributed by atoms with Crippen LogP contribution in [0.15, 0.2) is 42.5 Å². The van der Waals surface area contributed by atoms with E-state index in [9.17, 15) is 19.5 Å². The lowest BCUT2D eigenvalue weighted by Crippen LogP contribution is -2.43. The Morgan fingerprint density at radius 3 is 2.50 bits per heavy atom. The van der Waals surface area contributed by atoms with Crippen molar-refractivity contribution in [1.29, 1.82) is 0 Å². The van der Waals surface area contributed by atoms with Crippen molar-refractivity contribution in [1.82, 2.24) is 10.9 Å². The number of hydrogen-bond donors (Lipinski definition) is 3. The van der Waals surface area contributed by atoms with E-state index in [-0.39, 0.29) is 22.6 Å². The first-order valence-corrected chi connectivity index (χ1v) is 7.68. The van der Waals surface area contributed by atoms with Crippen LogP contribution in [0.1, 0.15) is 20.7 Å². The van der Waals surface area contributed by atoms with Gasteiger partial charge in [0.05, 0.1) is 12.7 Å². The molecule has 3 N–H and O–H groups in total. The number of hydrogen-bond acceptors (Lipinski definition) is 6. The van der Waals surface area contributed by atoms with Crippen LogP contribution in [0.5, 0.6) is 11.5 Å². The van der Waals surface area contributed by atoms with Gasteiger partial charge in [0.15, 0.2) is 6.61 Å². The van der Waals surface area contributed by atoms with Crippen molar-refractivity contribution in [2.24, 2.45) is 0 Å². The van der Waals surface area contributed by atoms with E-state index >= 15 is 0 Å². The average Bonchev–Trinajstić information content (AvgIpc) is 2.64. The van der Waals surface area contributed by atoms with Gasteiger partial charge in [-0.05, 0) is 30.3 Å². The molecule has 2 rings (SSSR count). The Labute approximate surface area is 153 Å². The Kier molecular flexibility index (Phi) is 6.40. The number of aromatic hydroxyl groups is 1. The molecule has 26 heavy (non-hydrogen) atoms. The van der Waals surface area contributed by atoms with Crippen molar-refractivity contribution in [3.8, 4) is 11.5 Å². The summed E-state index contributed by atoms with van der Waals surface area (Å²) in [5.41, 5.74) is 4.30. The number of phenolic OH excluding ortho intramolecular Hbond substituents is 1. The molecule has 0 saturated heterocycles. The third-order valence-electron chi connectivity index (χ3n) is 3.18. The van der Waals surface area contributed by atoms with Gasteiger partial charge in [0.1, 0.15) is 17.1 Å². The van der Waals surface area contributed by atoms with Crippen LogP contribution in [-0.2, 0) is 9.53 Å². The van der Waals surface area contributed by atoms with Crippen molar-refractivity contribution in [3.05, 3.63) is 58.6 Å². The molecule has 0 aliphatic heterocycles. The largest absolute Gasteiger partial charge is 0.507 e. The number of carbonyl (C=O) groups is 3. The first-order valence-electron chi connectivity index (χ1n) is 7.30. The van der Waals surface area contributed by atoms with E-state index in [2.05, 4.69) is 10.9 Å². The predicted molar refractivity (Wildman–Crippen MR) is 92.0 cm³/mol. The lowest BCUT2D eigenvalue weighted by atomic mass is 10.2. The van der Waals surface area contributed by atoms with Crippen molar-refractivity contribution in [2.75, 3.05) is 13.7 Å². The summed E-state index contributed by atoms with van der Waals surface area (Å²) in [6.45, 7) is -0.653. The van der Waals surface area contributed by atoms with Crippen LogP contribution in [0.25, 0.3) is 0 Å².